The lowest BCUT2D eigenvalue weighted by Crippen LogP contribution is -2.28. The number of carboxylic acids is 1. The molecule has 0 saturated heterocycles. The largest absolute Gasteiger partial charge is 0.488 e. The van der Waals surface area contributed by atoms with Crippen molar-refractivity contribution >= 4 is 17.6 Å². The van der Waals surface area contributed by atoms with E-state index in [1.165, 1.54) is 22.9 Å². The summed E-state index contributed by atoms with van der Waals surface area (Å²) in [5.41, 5.74) is 6.63. The number of benzene rings is 3. The maximum atomic E-state index is 10.9. The maximum absolute atomic E-state index is 10.9. The summed E-state index contributed by atoms with van der Waals surface area (Å²) in [5, 5.41) is 31.6. The number of nitriles is 1. The summed E-state index contributed by atoms with van der Waals surface area (Å²) in [7, 11) is 0. The first-order valence-electron chi connectivity index (χ1n) is 13.6. The minimum Gasteiger partial charge on any atom is -0.488 e. The van der Waals surface area contributed by atoms with Crippen LogP contribution >= 0.6 is 11.6 Å². The fourth-order valence-electron chi connectivity index (χ4n) is 5.15. The number of aliphatic hydroxyl groups is 1. The molecule has 8 nitrogen and oxygen atoms in total. The van der Waals surface area contributed by atoms with Gasteiger partial charge in [0.05, 0.1) is 23.1 Å². The van der Waals surface area contributed by atoms with Crippen molar-refractivity contribution in [2.24, 2.45) is 0 Å². The smallest absolute Gasteiger partial charge is 0.306 e. The van der Waals surface area contributed by atoms with Crippen molar-refractivity contribution in [3.63, 3.8) is 0 Å². The third-order valence-corrected chi connectivity index (χ3v) is 7.40. The van der Waals surface area contributed by atoms with Crippen LogP contribution in [0, 0.1) is 11.3 Å². The Morgan fingerprint density at radius 2 is 1.95 bits per heavy atom. The predicted octanol–water partition coefficient (Wildman–Crippen LogP) is 5.84. The molecule has 1 heterocycles. The fourth-order valence-corrected chi connectivity index (χ4v) is 5.39. The Kier molecular flexibility index (Phi) is 9.35. The Balaban J connectivity index is 1.38. The number of fused-ring (bicyclic) bond motifs is 1. The molecule has 0 amide bonds. The third-order valence-electron chi connectivity index (χ3n) is 7.11. The number of hydrogen-bond acceptors (Lipinski definition) is 7. The first kappa shape index (κ1) is 29.1. The van der Waals surface area contributed by atoms with Crippen LogP contribution in [-0.4, -0.2) is 33.8 Å². The highest BCUT2D eigenvalue weighted by Crippen LogP contribution is 2.42. The number of rotatable bonds is 12. The Morgan fingerprint density at radius 3 is 2.74 bits per heavy atom. The summed E-state index contributed by atoms with van der Waals surface area (Å²) in [5.74, 6) is -0.0862. The van der Waals surface area contributed by atoms with Crippen molar-refractivity contribution in [3.05, 3.63) is 112 Å². The van der Waals surface area contributed by atoms with Gasteiger partial charge in [-0.3, -0.25) is 9.78 Å². The van der Waals surface area contributed by atoms with E-state index in [1.54, 1.807) is 24.4 Å². The highest BCUT2D eigenvalue weighted by Gasteiger charge is 2.27. The van der Waals surface area contributed by atoms with Crippen LogP contribution in [-0.2, 0) is 24.4 Å². The molecule has 1 aliphatic rings. The van der Waals surface area contributed by atoms with Gasteiger partial charge in [0.25, 0.3) is 0 Å². The lowest BCUT2D eigenvalue weighted by Gasteiger charge is -2.20. The van der Waals surface area contributed by atoms with E-state index >= 15 is 0 Å². The monoisotopic (exact) mass is 583 g/mol. The summed E-state index contributed by atoms with van der Waals surface area (Å²) in [6.45, 7) is 0.512. The highest BCUT2D eigenvalue weighted by atomic mass is 35.5. The second-order valence-corrected chi connectivity index (χ2v) is 10.5. The third kappa shape index (κ3) is 7.07. The summed E-state index contributed by atoms with van der Waals surface area (Å²) in [6, 6.07) is 23.9. The Hall–Kier alpha value is -4.42. The summed E-state index contributed by atoms with van der Waals surface area (Å²) >= 11 is 6.72. The number of nitrogens with one attached hydrogen (secondary N) is 1. The summed E-state index contributed by atoms with van der Waals surface area (Å²) < 4.78 is 12.7. The van der Waals surface area contributed by atoms with Gasteiger partial charge in [0.15, 0.2) is 0 Å². The van der Waals surface area contributed by atoms with Gasteiger partial charge in [-0.25, -0.2) is 0 Å². The van der Waals surface area contributed by atoms with Crippen molar-refractivity contribution in [1.29, 1.82) is 5.26 Å². The molecule has 0 unspecified atom stereocenters. The molecular formula is C33H30ClN3O5. The van der Waals surface area contributed by atoms with Crippen LogP contribution in [0.5, 0.6) is 11.5 Å². The van der Waals surface area contributed by atoms with Crippen molar-refractivity contribution in [3.8, 4) is 28.7 Å². The zero-order valence-electron chi connectivity index (χ0n) is 22.8. The van der Waals surface area contributed by atoms with Gasteiger partial charge in [0.1, 0.15) is 30.3 Å². The molecule has 9 heteroatoms. The van der Waals surface area contributed by atoms with Gasteiger partial charge in [0.2, 0.25) is 0 Å². The molecule has 1 aliphatic carbocycles. The molecule has 2 atom stereocenters. The van der Waals surface area contributed by atoms with Gasteiger partial charge < -0.3 is 25.0 Å². The van der Waals surface area contributed by atoms with Crippen molar-refractivity contribution < 1.29 is 24.5 Å². The molecule has 3 aromatic carbocycles. The number of ether oxygens (including phenoxy) is 2. The number of nitrogens with zero attached hydrogens (tertiary/aromatic N) is 2. The van der Waals surface area contributed by atoms with Gasteiger partial charge in [-0.2, -0.15) is 5.26 Å². The first-order chi connectivity index (χ1) is 20.4. The van der Waals surface area contributed by atoms with E-state index in [4.69, 9.17) is 26.2 Å². The number of hydrogen-bond donors (Lipinski definition) is 3. The Labute approximate surface area is 249 Å². The van der Waals surface area contributed by atoms with Gasteiger partial charge in [-0.15, -0.1) is 0 Å². The van der Waals surface area contributed by atoms with E-state index in [0.717, 1.165) is 24.0 Å². The number of pyridine rings is 1. The van der Waals surface area contributed by atoms with E-state index in [2.05, 4.69) is 46.7 Å². The molecule has 0 radical (unpaired) electrons. The average molecular weight is 584 g/mol. The standard InChI is InChI=1S/C33H30ClN3O5/c34-29-12-24(18-37-19-25(38)13-33(39)40)31(41-20-22-11-21(15-35)16-36-17-22)14-32(29)42-30-10-9-27-26(7-4-8-28(27)30)23-5-2-1-3-6-23/h1-8,11-12,14,16-17,25,30,37-38H,9-10,13,18-20H2,(H,39,40)/t25-,30-/m0/s1. The van der Waals surface area contributed by atoms with Gasteiger partial charge in [-0.1, -0.05) is 60.1 Å². The lowest BCUT2D eigenvalue weighted by molar-refractivity contribution is -0.139. The number of aromatic nitrogens is 1. The molecule has 0 aliphatic heterocycles. The maximum Gasteiger partial charge on any atom is 0.306 e. The Bertz CT molecular complexity index is 1610. The molecule has 1 aromatic heterocycles. The normalized spacial score (nSPS) is 14.5. The van der Waals surface area contributed by atoms with Crippen LogP contribution in [0.2, 0.25) is 5.02 Å². The van der Waals surface area contributed by atoms with Crippen molar-refractivity contribution in [2.45, 2.75) is 44.6 Å². The molecule has 3 N–H and O–H groups in total. The number of halogens is 1. The van der Waals surface area contributed by atoms with Crippen LogP contribution < -0.4 is 14.8 Å². The van der Waals surface area contributed by atoms with E-state index in [9.17, 15) is 15.2 Å². The van der Waals surface area contributed by atoms with Crippen LogP contribution in [0.1, 0.15) is 46.8 Å². The number of carbonyl (C=O) groups is 1. The first-order valence-corrected chi connectivity index (χ1v) is 14.0. The van der Waals surface area contributed by atoms with Gasteiger partial charge in [-0.05, 0) is 47.2 Å². The number of aliphatic hydroxyl groups excluding tert-OH is 1. The molecule has 5 rings (SSSR count). The zero-order chi connectivity index (χ0) is 29.5. The molecule has 42 heavy (non-hydrogen) atoms. The SMILES string of the molecule is N#Cc1cncc(COc2cc(O[C@H]3CCc4c(-c5ccccc5)cccc43)c(Cl)cc2CNC[C@@H](O)CC(=O)O)c1. The molecule has 0 saturated carbocycles. The van der Waals surface area contributed by atoms with Crippen molar-refractivity contribution in [2.75, 3.05) is 6.54 Å². The van der Waals surface area contributed by atoms with Gasteiger partial charge in [0, 0.05) is 42.7 Å². The van der Waals surface area contributed by atoms with Gasteiger partial charge >= 0.3 is 5.97 Å². The second-order valence-electron chi connectivity index (χ2n) is 10.1. The van der Waals surface area contributed by atoms with E-state index in [0.29, 0.717) is 27.6 Å². The molecule has 214 valence electrons. The van der Waals surface area contributed by atoms with Crippen molar-refractivity contribution in [1.82, 2.24) is 10.3 Å². The van der Waals surface area contributed by atoms with Crippen LogP contribution in [0.4, 0.5) is 0 Å². The summed E-state index contributed by atoms with van der Waals surface area (Å²) in [4.78, 5) is 15.0. The molecule has 4 aromatic rings. The average Bonchev–Trinajstić information content (AvgIpc) is 3.40. The predicted molar refractivity (Wildman–Crippen MR) is 158 cm³/mol. The lowest BCUT2D eigenvalue weighted by atomic mass is 9.97. The van der Waals surface area contributed by atoms with Crippen LogP contribution in [0.15, 0.2) is 79.1 Å². The highest BCUT2D eigenvalue weighted by molar-refractivity contribution is 6.32. The topological polar surface area (TPSA) is 125 Å². The van der Waals surface area contributed by atoms with E-state index in [1.807, 2.05) is 18.2 Å². The minimum absolute atomic E-state index is 0.0817. The van der Waals surface area contributed by atoms with E-state index in [-0.39, 0.29) is 32.2 Å². The quantitative estimate of drug-likeness (QED) is 0.190. The number of aliphatic carboxylic acids is 1. The molecule has 0 fully saturated rings. The molecule has 0 bridgehead atoms. The minimum atomic E-state index is -1.07. The number of carboxylic acid groups (broad SMARTS) is 1. The summed E-state index contributed by atoms with van der Waals surface area (Å²) in [6.07, 6.45) is 3.24. The molecule has 0 spiro atoms. The fraction of sp³-hybridized carbons (Fsp3) is 0.242. The van der Waals surface area contributed by atoms with E-state index < -0.39 is 12.1 Å². The van der Waals surface area contributed by atoms with Crippen LogP contribution in [0.25, 0.3) is 11.1 Å². The second kappa shape index (κ2) is 13.5. The Morgan fingerprint density at radius 1 is 1.12 bits per heavy atom. The van der Waals surface area contributed by atoms with Crippen LogP contribution in [0.3, 0.4) is 0 Å². The zero-order valence-corrected chi connectivity index (χ0v) is 23.6. The molecular weight excluding hydrogens is 554 g/mol.